The Morgan fingerprint density at radius 1 is 1.12 bits per heavy atom. The minimum absolute atomic E-state index is 0.0127. The fraction of sp³-hybridized carbons (Fsp3) is 0.464. The van der Waals surface area contributed by atoms with E-state index in [1.165, 1.54) is 11.1 Å². The fourth-order valence-corrected chi connectivity index (χ4v) is 4.87. The summed E-state index contributed by atoms with van der Waals surface area (Å²) in [4.78, 5) is 19.8. The van der Waals surface area contributed by atoms with Crippen LogP contribution in [0.25, 0.3) is 11.4 Å². The van der Waals surface area contributed by atoms with Crippen molar-refractivity contribution in [2.75, 3.05) is 13.1 Å². The van der Waals surface area contributed by atoms with Gasteiger partial charge in [0.2, 0.25) is 17.6 Å². The largest absolute Gasteiger partial charge is 0.353 e. The molecule has 1 aromatic heterocycles. The monoisotopic (exact) mass is 460 g/mol. The van der Waals surface area contributed by atoms with E-state index in [9.17, 15) is 4.79 Å². The number of rotatable bonds is 8. The third-order valence-electron chi connectivity index (χ3n) is 6.86. The van der Waals surface area contributed by atoms with Crippen LogP contribution in [0.3, 0.4) is 0 Å². The van der Waals surface area contributed by atoms with Gasteiger partial charge in [-0.25, -0.2) is 0 Å². The molecule has 1 fully saturated rings. The summed E-state index contributed by atoms with van der Waals surface area (Å²) in [7, 11) is 0. The van der Waals surface area contributed by atoms with Gasteiger partial charge >= 0.3 is 0 Å². The maximum atomic E-state index is 12.9. The zero-order valence-corrected chi connectivity index (χ0v) is 20.8. The number of hydrogen-bond donors (Lipinski definition) is 1. The van der Waals surface area contributed by atoms with E-state index >= 15 is 0 Å². The predicted octanol–water partition coefficient (Wildman–Crippen LogP) is 5.13. The first-order valence-electron chi connectivity index (χ1n) is 12.3. The molecule has 0 saturated carbocycles. The Morgan fingerprint density at radius 2 is 1.79 bits per heavy atom. The second-order valence-electron chi connectivity index (χ2n) is 10.3. The highest BCUT2D eigenvalue weighted by atomic mass is 16.5. The van der Waals surface area contributed by atoms with E-state index in [0.717, 1.165) is 37.9 Å². The molecule has 4 rings (SSSR count). The summed E-state index contributed by atoms with van der Waals surface area (Å²) < 4.78 is 5.48. The highest BCUT2D eigenvalue weighted by Gasteiger charge is 2.29. The van der Waals surface area contributed by atoms with Gasteiger partial charge < -0.3 is 9.84 Å². The third-order valence-corrected chi connectivity index (χ3v) is 6.86. The Bertz CT molecular complexity index is 1070. The number of piperidine rings is 1. The second-order valence-corrected chi connectivity index (χ2v) is 10.3. The molecule has 2 aromatic carbocycles. The van der Waals surface area contributed by atoms with E-state index in [1.54, 1.807) is 0 Å². The molecule has 0 radical (unpaired) electrons. The van der Waals surface area contributed by atoms with Crippen LogP contribution in [0.15, 0.2) is 59.1 Å². The predicted molar refractivity (Wildman–Crippen MR) is 134 cm³/mol. The lowest BCUT2D eigenvalue weighted by Gasteiger charge is -2.32. The molecule has 2 heterocycles. The minimum Gasteiger partial charge on any atom is -0.353 e. The molecule has 1 unspecified atom stereocenters. The number of hydrogen-bond acceptors (Lipinski definition) is 5. The van der Waals surface area contributed by atoms with Crippen LogP contribution in [0.1, 0.15) is 57.1 Å². The normalized spacial score (nSPS) is 16.4. The quantitative estimate of drug-likeness (QED) is 0.505. The van der Waals surface area contributed by atoms with Gasteiger partial charge in [0.05, 0.1) is 6.54 Å². The van der Waals surface area contributed by atoms with E-state index in [0.29, 0.717) is 18.3 Å². The SMILES string of the molecule is Cc1ccc(-c2noc(CN3CCC(C(=O)NC(C)CC(C)(C)c4ccccc4)CC3)n2)cc1. The Labute approximate surface area is 202 Å². The Morgan fingerprint density at radius 3 is 2.47 bits per heavy atom. The fourth-order valence-electron chi connectivity index (χ4n) is 4.87. The summed E-state index contributed by atoms with van der Waals surface area (Å²) in [6.45, 7) is 11.0. The van der Waals surface area contributed by atoms with Crippen LogP contribution >= 0.6 is 0 Å². The summed E-state index contributed by atoms with van der Waals surface area (Å²) in [6.07, 6.45) is 2.60. The van der Waals surface area contributed by atoms with E-state index in [2.05, 4.69) is 72.3 Å². The Kier molecular flexibility index (Phi) is 7.47. The van der Waals surface area contributed by atoms with Gasteiger partial charge in [0.1, 0.15) is 0 Å². The molecule has 180 valence electrons. The van der Waals surface area contributed by atoms with Crippen molar-refractivity contribution in [1.29, 1.82) is 0 Å². The van der Waals surface area contributed by atoms with Gasteiger partial charge in [-0.05, 0) is 57.2 Å². The van der Waals surface area contributed by atoms with E-state index < -0.39 is 0 Å². The molecule has 1 saturated heterocycles. The van der Waals surface area contributed by atoms with Gasteiger partial charge in [-0.3, -0.25) is 9.69 Å². The lowest BCUT2D eigenvalue weighted by molar-refractivity contribution is -0.127. The van der Waals surface area contributed by atoms with Crippen LogP contribution in [-0.2, 0) is 16.8 Å². The minimum atomic E-state index is 0.0127. The lowest BCUT2D eigenvalue weighted by Crippen LogP contribution is -2.44. The number of amides is 1. The van der Waals surface area contributed by atoms with Crippen molar-refractivity contribution in [3.63, 3.8) is 0 Å². The number of benzene rings is 2. The summed E-state index contributed by atoms with van der Waals surface area (Å²) in [6, 6.07) is 18.8. The number of carbonyl (C=O) groups is 1. The molecule has 34 heavy (non-hydrogen) atoms. The number of nitrogens with zero attached hydrogens (tertiary/aromatic N) is 3. The first kappa shape index (κ1) is 24.1. The van der Waals surface area contributed by atoms with Gasteiger partial charge in [-0.2, -0.15) is 4.98 Å². The van der Waals surface area contributed by atoms with Crippen LogP contribution in [0.4, 0.5) is 0 Å². The molecule has 1 aliphatic rings. The van der Waals surface area contributed by atoms with E-state index in [1.807, 2.05) is 30.3 Å². The average Bonchev–Trinajstić information content (AvgIpc) is 3.28. The van der Waals surface area contributed by atoms with Crippen molar-refractivity contribution >= 4 is 5.91 Å². The number of aryl methyl sites for hydroxylation is 1. The molecule has 0 bridgehead atoms. The molecular formula is C28H36N4O2. The first-order chi connectivity index (χ1) is 16.3. The molecule has 0 aliphatic carbocycles. The molecule has 1 aliphatic heterocycles. The van der Waals surface area contributed by atoms with Crippen molar-refractivity contribution in [3.05, 3.63) is 71.6 Å². The zero-order valence-electron chi connectivity index (χ0n) is 20.8. The van der Waals surface area contributed by atoms with Crippen LogP contribution in [0.2, 0.25) is 0 Å². The van der Waals surface area contributed by atoms with Crippen molar-refractivity contribution in [2.45, 2.75) is 65.0 Å². The van der Waals surface area contributed by atoms with E-state index in [4.69, 9.17) is 4.52 Å². The van der Waals surface area contributed by atoms with Crippen molar-refractivity contribution in [3.8, 4) is 11.4 Å². The standard InChI is InChI=1S/C28H36N4O2/c1-20-10-12-22(13-11-20)26-30-25(34-31-26)19-32-16-14-23(15-17-32)27(33)29-21(2)18-28(3,4)24-8-6-5-7-9-24/h5-13,21,23H,14-19H2,1-4H3,(H,29,33). The number of likely N-dealkylation sites (tertiary alicyclic amines) is 1. The number of aromatic nitrogens is 2. The van der Waals surface area contributed by atoms with Gasteiger partial charge in [0, 0.05) is 17.5 Å². The van der Waals surface area contributed by atoms with Gasteiger partial charge in [0.25, 0.3) is 0 Å². The van der Waals surface area contributed by atoms with Crippen molar-refractivity contribution in [2.24, 2.45) is 5.92 Å². The first-order valence-corrected chi connectivity index (χ1v) is 12.3. The number of carbonyl (C=O) groups excluding carboxylic acids is 1. The highest BCUT2D eigenvalue weighted by Crippen LogP contribution is 2.28. The van der Waals surface area contributed by atoms with Crippen LogP contribution in [-0.4, -0.2) is 40.1 Å². The van der Waals surface area contributed by atoms with Gasteiger partial charge in [-0.15, -0.1) is 0 Å². The number of nitrogens with one attached hydrogen (secondary N) is 1. The average molecular weight is 461 g/mol. The second kappa shape index (κ2) is 10.5. The van der Waals surface area contributed by atoms with E-state index in [-0.39, 0.29) is 23.3 Å². The smallest absolute Gasteiger partial charge is 0.241 e. The van der Waals surface area contributed by atoms with Crippen molar-refractivity contribution in [1.82, 2.24) is 20.4 Å². The summed E-state index contributed by atoms with van der Waals surface area (Å²) >= 11 is 0. The topological polar surface area (TPSA) is 71.3 Å². The summed E-state index contributed by atoms with van der Waals surface area (Å²) in [5.74, 6) is 1.48. The maximum Gasteiger partial charge on any atom is 0.241 e. The zero-order chi connectivity index (χ0) is 24.1. The van der Waals surface area contributed by atoms with Crippen molar-refractivity contribution < 1.29 is 9.32 Å². The summed E-state index contributed by atoms with van der Waals surface area (Å²) in [5, 5.41) is 7.40. The molecule has 6 nitrogen and oxygen atoms in total. The molecule has 1 atom stereocenters. The molecular weight excluding hydrogens is 424 g/mol. The van der Waals surface area contributed by atoms with Crippen LogP contribution < -0.4 is 5.32 Å². The lowest BCUT2D eigenvalue weighted by atomic mass is 9.79. The Hall–Kier alpha value is -2.99. The summed E-state index contributed by atoms with van der Waals surface area (Å²) in [5.41, 5.74) is 3.48. The molecule has 0 spiro atoms. The highest BCUT2D eigenvalue weighted by molar-refractivity contribution is 5.79. The Balaban J connectivity index is 1.23. The maximum absolute atomic E-state index is 12.9. The van der Waals surface area contributed by atoms with Crippen LogP contribution in [0, 0.1) is 12.8 Å². The molecule has 6 heteroatoms. The van der Waals surface area contributed by atoms with Gasteiger partial charge in [0.15, 0.2) is 0 Å². The van der Waals surface area contributed by atoms with Gasteiger partial charge in [-0.1, -0.05) is 79.2 Å². The third kappa shape index (κ3) is 6.11. The molecule has 1 amide bonds. The molecule has 1 N–H and O–H groups in total. The molecule has 3 aromatic rings. The van der Waals surface area contributed by atoms with Crippen LogP contribution in [0.5, 0.6) is 0 Å².